The van der Waals surface area contributed by atoms with Gasteiger partial charge >= 0.3 is 0 Å². The third-order valence-electron chi connectivity index (χ3n) is 18.9. The van der Waals surface area contributed by atoms with Gasteiger partial charge in [-0.3, -0.25) is 9.88 Å². The molecule has 5 nitrogen and oxygen atoms in total. The first-order valence-electron chi connectivity index (χ1n) is 31.5. The van der Waals surface area contributed by atoms with Crippen LogP contribution >= 0.6 is 0 Å². The molecule has 0 radical (unpaired) electrons. The summed E-state index contributed by atoms with van der Waals surface area (Å²) in [5.41, 5.74) is 24.1. The number of benzene rings is 11. The van der Waals surface area contributed by atoms with Crippen LogP contribution < -0.4 is 9.80 Å². The summed E-state index contributed by atoms with van der Waals surface area (Å²) in [7, 11) is 0. The number of fused-ring (bicyclic) bond motifs is 12. The predicted octanol–water partition coefficient (Wildman–Crippen LogP) is 23.1. The highest BCUT2D eigenvalue weighted by Gasteiger charge is 2.50. The van der Waals surface area contributed by atoms with Gasteiger partial charge in [0, 0.05) is 51.0 Å². The van der Waals surface area contributed by atoms with Crippen molar-refractivity contribution in [2.45, 2.75) is 85.5 Å². The Morgan fingerprint density at radius 3 is 1.53 bits per heavy atom. The summed E-state index contributed by atoms with van der Waals surface area (Å²) in [4.78, 5) is 15.5. The maximum Gasteiger partial charge on any atom is 0.145 e. The minimum Gasteiger partial charge on any atom is -0.455 e. The van der Waals surface area contributed by atoms with Crippen molar-refractivity contribution < 1.29 is 4.42 Å². The van der Waals surface area contributed by atoms with Gasteiger partial charge in [-0.25, -0.2) is 4.98 Å². The standard InChI is InChI=1S/C85H72N4O/c1-53-47-72(65-32-20-18-26-55(65)3)82(87-51-53)89(62-43-39-58(40-44-62)84(8,9)10)74-50-73-79(81-77(74)69-35-23-24-36-76(69)90-81)78-67-34-22-21-33-66(67)70-49-63(45-46-68(70)80(78)85(73,59-27-13-11-14-28-59)60-29-15-12-16-30-60)88(61-41-37-57(38-42-61)83(5,6)7)75-52-86-56(4)48-71(75)64-31-19-17-25-54(64)2/h11-52H,1-10H3. The molecule has 15 rings (SSSR count). The first-order chi connectivity index (χ1) is 43.6. The number of para-hydroxylation sites is 1. The van der Waals surface area contributed by atoms with Gasteiger partial charge in [-0.05, 0) is 187 Å². The van der Waals surface area contributed by atoms with Crippen LogP contribution in [0.25, 0.3) is 76.9 Å². The predicted molar refractivity (Wildman–Crippen MR) is 378 cm³/mol. The number of pyridine rings is 2. The molecule has 14 aromatic rings. The van der Waals surface area contributed by atoms with E-state index in [1.165, 1.54) is 38.9 Å². The Morgan fingerprint density at radius 2 is 0.922 bits per heavy atom. The Bertz CT molecular complexity index is 5080. The summed E-state index contributed by atoms with van der Waals surface area (Å²) in [6.07, 6.45) is 4.09. The van der Waals surface area contributed by atoms with Crippen molar-refractivity contribution in [3.63, 3.8) is 0 Å². The van der Waals surface area contributed by atoms with Crippen molar-refractivity contribution in [3.05, 3.63) is 311 Å². The summed E-state index contributed by atoms with van der Waals surface area (Å²) in [5.74, 6) is 0.834. The van der Waals surface area contributed by atoms with Gasteiger partial charge in [0.2, 0.25) is 0 Å². The van der Waals surface area contributed by atoms with Crippen LogP contribution in [0.2, 0.25) is 0 Å². The second-order valence-corrected chi connectivity index (χ2v) is 26.7. The van der Waals surface area contributed by atoms with E-state index in [1.54, 1.807) is 0 Å². The molecule has 90 heavy (non-hydrogen) atoms. The first kappa shape index (κ1) is 56.2. The maximum absolute atomic E-state index is 7.64. The molecule has 0 atom stereocenters. The molecule has 3 aromatic heterocycles. The second-order valence-electron chi connectivity index (χ2n) is 26.7. The number of hydrogen-bond acceptors (Lipinski definition) is 5. The highest BCUT2D eigenvalue weighted by molar-refractivity contribution is 6.26. The zero-order valence-electron chi connectivity index (χ0n) is 52.9. The van der Waals surface area contributed by atoms with E-state index in [1.807, 2.05) is 6.20 Å². The van der Waals surface area contributed by atoms with Crippen molar-refractivity contribution in [3.8, 4) is 33.4 Å². The molecule has 0 N–H and O–H groups in total. The van der Waals surface area contributed by atoms with Crippen LogP contribution in [0.3, 0.4) is 0 Å². The van der Waals surface area contributed by atoms with Gasteiger partial charge in [0.15, 0.2) is 0 Å². The number of rotatable bonds is 10. The first-order valence-corrected chi connectivity index (χ1v) is 31.5. The molecule has 11 aromatic carbocycles. The molecule has 0 saturated carbocycles. The minimum atomic E-state index is -0.901. The van der Waals surface area contributed by atoms with E-state index in [4.69, 9.17) is 14.4 Å². The highest BCUT2D eigenvalue weighted by Crippen LogP contribution is 2.64. The van der Waals surface area contributed by atoms with E-state index in [-0.39, 0.29) is 10.8 Å². The van der Waals surface area contributed by atoms with E-state index in [2.05, 4.69) is 328 Å². The molecule has 3 heterocycles. The van der Waals surface area contributed by atoms with Crippen LogP contribution in [0, 0.1) is 27.7 Å². The monoisotopic (exact) mass is 1160 g/mol. The molecular formula is C85H72N4O. The number of nitrogens with zero attached hydrogens (tertiary/aromatic N) is 4. The summed E-state index contributed by atoms with van der Waals surface area (Å²) in [5, 5.41) is 6.66. The molecule has 438 valence electrons. The van der Waals surface area contributed by atoms with Crippen LogP contribution in [0.1, 0.15) is 97.3 Å². The summed E-state index contributed by atoms with van der Waals surface area (Å²) >= 11 is 0. The van der Waals surface area contributed by atoms with Gasteiger partial charge in [-0.2, -0.15) is 0 Å². The Hall–Kier alpha value is -10.4. The minimum absolute atomic E-state index is 0.0304. The van der Waals surface area contributed by atoms with Gasteiger partial charge < -0.3 is 9.32 Å². The lowest BCUT2D eigenvalue weighted by Gasteiger charge is -2.36. The van der Waals surface area contributed by atoms with Crippen molar-refractivity contribution in [2.24, 2.45) is 0 Å². The van der Waals surface area contributed by atoms with Crippen LogP contribution in [0.4, 0.5) is 34.3 Å². The Kier molecular flexibility index (Phi) is 13.4. The molecule has 0 saturated heterocycles. The summed E-state index contributed by atoms with van der Waals surface area (Å²) in [6, 6.07) is 90.2. The Labute approximate surface area is 528 Å². The zero-order chi connectivity index (χ0) is 61.8. The third kappa shape index (κ3) is 9.04. The van der Waals surface area contributed by atoms with Crippen molar-refractivity contribution in [2.75, 3.05) is 9.80 Å². The van der Waals surface area contributed by atoms with Crippen LogP contribution in [0.5, 0.6) is 0 Å². The molecule has 0 spiro atoms. The number of hydrogen-bond donors (Lipinski definition) is 0. The average Bonchev–Trinajstić information content (AvgIpc) is 1.49. The fourth-order valence-electron chi connectivity index (χ4n) is 14.5. The van der Waals surface area contributed by atoms with Gasteiger partial charge in [-0.15, -0.1) is 0 Å². The van der Waals surface area contributed by atoms with Crippen LogP contribution in [0.15, 0.2) is 259 Å². The summed E-state index contributed by atoms with van der Waals surface area (Å²) in [6.45, 7) is 22.3. The normalized spacial score (nSPS) is 12.9. The lowest BCUT2D eigenvalue weighted by molar-refractivity contribution is 0.590. The van der Waals surface area contributed by atoms with Crippen molar-refractivity contribution in [1.82, 2.24) is 9.97 Å². The van der Waals surface area contributed by atoms with Gasteiger partial charge in [0.05, 0.1) is 28.4 Å². The molecule has 0 amide bonds. The smallest absolute Gasteiger partial charge is 0.145 e. The fraction of sp³-hybridized carbons (Fsp3) is 0.153. The maximum atomic E-state index is 7.64. The van der Waals surface area contributed by atoms with Gasteiger partial charge in [0.1, 0.15) is 17.0 Å². The lowest BCUT2D eigenvalue weighted by Crippen LogP contribution is -2.29. The molecule has 0 aliphatic heterocycles. The van der Waals surface area contributed by atoms with E-state index >= 15 is 0 Å². The van der Waals surface area contributed by atoms with Gasteiger partial charge in [-0.1, -0.05) is 224 Å². The number of furan rings is 1. The molecule has 5 heteroatoms. The van der Waals surface area contributed by atoms with E-state index < -0.39 is 5.41 Å². The molecule has 0 fully saturated rings. The molecule has 1 aliphatic rings. The van der Waals surface area contributed by atoms with E-state index in [0.717, 1.165) is 128 Å². The van der Waals surface area contributed by atoms with Gasteiger partial charge in [0.25, 0.3) is 0 Å². The quantitative estimate of drug-likeness (QED) is 0.128. The molecule has 1 aliphatic carbocycles. The SMILES string of the molecule is Cc1cnc(N(c2ccc(C(C)(C)C)cc2)c2cc3c(c4oc5ccccc5c24)-c2c(c4ccc(N(c5ccc(C(C)(C)C)cc5)c5cnc(C)cc5-c5ccccc5C)cc4c4ccccc24)C3(c2ccccc2)c2ccccc2)c(-c2ccccc2C)c1. The van der Waals surface area contributed by atoms with Crippen molar-refractivity contribution in [1.29, 1.82) is 0 Å². The lowest BCUT2D eigenvalue weighted by atomic mass is 9.66. The zero-order valence-corrected chi connectivity index (χ0v) is 52.9. The fourth-order valence-corrected chi connectivity index (χ4v) is 14.5. The highest BCUT2D eigenvalue weighted by atomic mass is 16.3. The Morgan fingerprint density at radius 1 is 0.389 bits per heavy atom. The summed E-state index contributed by atoms with van der Waals surface area (Å²) < 4.78 is 7.64. The topological polar surface area (TPSA) is 45.4 Å². The molecular weight excluding hydrogens is 1090 g/mol. The van der Waals surface area contributed by atoms with Crippen molar-refractivity contribution >= 4 is 77.7 Å². The van der Waals surface area contributed by atoms with Crippen LogP contribution in [-0.2, 0) is 16.2 Å². The van der Waals surface area contributed by atoms with Crippen LogP contribution in [-0.4, -0.2) is 9.97 Å². The average molecular weight is 1170 g/mol. The number of aromatic nitrogens is 2. The number of aryl methyl sites for hydroxylation is 4. The Balaban J connectivity index is 1.09. The van der Waals surface area contributed by atoms with E-state index in [9.17, 15) is 0 Å². The number of anilines is 6. The third-order valence-corrected chi connectivity index (χ3v) is 18.9. The second kappa shape index (κ2) is 21.5. The largest absolute Gasteiger partial charge is 0.455 e. The molecule has 0 bridgehead atoms. The molecule has 0 unspecified atom stereocenters. The van der Waals surface area contributed by atoms with E-state index in [0.29, 0.717) is 0 Å².